The second-order valence-electron chi connectivity index (χ2n) is 6.35. The number of rotatable bonds is 3. The molecule has 0 radical (unpaired) electrons. The van der Waals surface area contributed by atoms with E-state index in [4.69, 9.17) is 0 Å². The highest BCUT2D eigenvalue weighted by Crippen LogP contribution is 2.47. The summed E-state index contributed by atoms with van der Waals surface area (Å²) < 4.78 is 37.0. The molecule has 22 heavy (non-hydrogen) atoms. The van der Waals surface area contributed by atoms with E-state index in [9.17, 15) is 27.9 Å². The SMILES string of the molecule is O=C(NC1CCN(CC(F)(F)F)C1)C1CC2CC2N1C(=O)O. The Kier molecular flexibility index (Phi) is 3.70. The third-order valence-corrected chi connectivity index (χ3v) is 4.65. The Bertz CT molecular complexity index is 485. The van der Waals surface area contributed by atoms with Gasteiger partial charge in [0.2, 0.25) is 5.91 Å². The first kappa shape index (κ1) is 15.4. The molecule has 124 valence electrons. The molecule has 4 unspecified atom stereocenters. The molecule has 0 aromatic heterocycles. The number of hydrogen-bond acceptors (Lipinski definition) is 3. The maximum Gasteiger partial charge on any atom is 0.408 e. The Morgan fingerprint density at radius 3 is 2.64 bits per heavy atom. The van der Waals surface area contributed by atoms with Crippen molar-refractivity contribution in [1.82, 2.24) is 15.1 Å². The topological polar surface area (TPSA) is 72.9 Å². The van der Waals surface area contributed by atoms with Crippen molar-refractivity contribution in [3.8, 4) is 0 Å². The molecule has 4 atom stereocenters. The molecule has 1 aliphatic carbocycles. The summed E-state index contributed by atoms with van der Waals surface area (Å²) in [6, 6.07) is -1.10. The number of fused-ring (bicyclic) bond motifs is 1. The van der Waals surface area contributed by atoms with Crippen molar-refractivity contribution in [1.29, 1.82) is 0 Å². The molecule has 0 spiro atoms. The van der Waals surface area contributed by atoms with E-state index in [2.05, 4.69) is 5.32 Å². The Morgan fingerprint density at radius 1 is 1.27 bits per heavy atom. The normalized spacial score (nSPS) is 34.6. The molecule has 2 amide bonds. The van der Waals surface area contributed by atoms with E-state index in [1.165, 1.54) is 9.80 Å². The molecule has 0 aromatic carbocycles. The first-order valence-corrected chi connectivity index (χ1v) is 7.35. The van der Waals surface area contributed by atoms with E-state index in [0.29, 0.717) is 12.8 Å². The third-order valence-electron chi connectivity index (χ3n) is 4.65. The molecule has 2 heterocycles. The predicted octanol–water partition coefficient (Wildman–Crippen LogP) is 0.880. The van der Waals surface area contributed by atoms with Gasteiger partial charge in [0.1, 0.15) is 6.04 Å². The van der Waals surface area contributed by atoms with Crippen LogP contribution in [-0.2, 0) is 4.79 Å². The van der Waals surface area contributed by atoms with Gasteiger partial charge in [-0.1, -0.05) is 0 Å². The number of hydrogen-bond donors (Lipinski definition) is 2. The molecule has 0 bridgehead atoms. The molecule has 3 aliphatic rings. The number of nitrogens with zero attached hydrogens (tertiary/aromatic N) is 2. The van der Waals surface area contributed by atoms with Crippen LogP contribution < -0.4 is 5.32 Å². The molecule has 2 saturated heterocycles. The van der Waals surface area contributed by atoms with E-state index in [-0.39, 0.29) is 37.0 Å². The highest BCUT2D eigenvalue weighted by atomic mass is 19.4. The molecule has 6 nitrogen and oxygen atoms in total. The Balaban J connectivity index is 1.52. The zero-order valence-electron chi connectivity index (χ0n) is 11.8. The van der Waals surface area contributed by atoms with Crippen molar-refractivity contribution in [2.24, 2.45) is 5.92 Å². The zero-order valence-corrected chi connectivity index (χ0v) is 11.8. The lowest BCUT2D eigenvalue weighted by atomic mass is 10.1. The number of piperidine rings is 1. The number of nitrogens with one attached hydrogen (secondary N) is 1. The lowest BCUT2D eigenvalue weighted by molar-refractivity contribution is -0.143. The average molecular weight is 321 g/mol. The van der Waals surface area contributed by atoms with Crippen LogP contribution in [0.2, 0.25) is 0 Å². The van der Waals surface area contributed by atoms with Crippen LogP contribution in [-0.4, -0.2) is 70.8 Å². The van der Waals surface area contributed by atoms with Gasteiger partial charge in [0.25, 0.3) is 0 Å². The number of carbonyl (C=O) groups is 2. The van der Waals surface area contributed by atoms with Gasteiger partial charge in [-0.15, -0.1) is 0 Å². The van der Waals surface area contributed by atoms with Gasteiger partial charge in [-0.25, -0.2) is 4.79 Å². The van der Waals surface area contributed by atoms with Crippen molar-refractivity contribution < 1.29 is 27.9 Å². The van der Waals surface area contributed by atoms with Gasteiger partial charge in [-0.05, 0) is 25.2 Å². The summed E-state index contributed by atoms with van der Waals surface area (Å²) in [4.78, 5) is 25.9. The maximum absolute atomic E-state index is 12.3. The van der Waals surface area contributed by atoms with Crippen LogP contribution in [0.3, 0.4) is 0 Å². The van der Waals surface area contributed by atoms with Crippen molar-refractivity contribution in [2.75, 3.05) is 19.6 Å². The van der Waals surface area contributed by atoms with Crippen molar-refractivity contribution in [3.05, 3.63) is 0 Å². The summed E-state index contributed by atoms with van der Waals surface area (Å²) in [5, 5.41) is 11.9. The van der Waals surface area contributed by atoms with Gasteiger partial charge in [-0.2, -0.15) is 13.2 Å². The minimum atomic E-state index is -4.24. The minimum Gasteiger partial charge on any atom is -0.465 e. The lowest BCUT2D eigenvalue weighted by Gasteiger charge is -2.25. The third kappa shape index (κ3) is 3.13. The van der Waals surface area contributed by atoms with E-state index >= 15 is 0 Å². The fraction of sp³-hybridized carbons (Fsp3) is 0.846. The maximum atomic E-state index is 12.3. The van der Waals surface area contributed by atoms with Gasteiger partial charge in [0.15, 0.2) is 0 Å². The second kappa shape index (κ2) is 5.29. The highest BCUT2D eigenvalue weighted by molar-refractivity contribution is 5.86. The fourth-order valence-corrected chi connectivity index (χ4v) is 3.61. The molecule has 2 aliphatic heterocycles. The Morgan fingerprint density at radius 2 is 2.00 bits per heavy atom. The molecular weight excluding hydrogens is 303 g/mol. The number of amides is 2. The first-order valence-electron chi connectivity index (χ1n) is 7.35. The van der Waals surface area contributed by atoms with E-state index < -0.39 is 24.9 Å². The van der Waals surface area contributed by atoms with E-state index in [1.807, 2.05) is 0 Å². The summed E-state index contributed by atoms with van der Waals surface area (Å²) in [6.45, 7) is -0.547. The molecule has 0 aromatic rings. The van der Waals surface area contributed by atoms with Crippen LogP contribution in [0, 0.1) is 5.92 Å². The molecule has 9 heteroatoms. The molecular formula is C13H18F3N3O3. The summed E-state index contributed by atoms with van der Waals surface area (Å²) in [7, 11) is 0. The summed E-state index contributed by atoms with van der Waals surface area (Å²) in [5.74, 6) is -0.120. The van der Waals surface area contributed by atoms with Crippen LogP contribution in [0.4, 0.5) is 18.0 Å². The zero-order chi connectivity index (χ0) is 16.1. The number of halogens is 3. The predicted molar refractivity (Wildman–Crippen MR) is 69.2 cm³/mol. The van der Waals surface area contributed by atoms with Crippen LogP contribution in [0.25, 0.3) is 0 Å². The van der Waals surface area contributed by atoms with Gasteiger partial charge in [0, 0.05) is 25.2 Å². The standard InChI is InChI=1S/C13H18F3N3O3/c14-13(15,16)6-18-2-1-8(5-18)17-11(20)10-4-7-3-9(7)19(10)12(21)22/h7-10H,1-6H2,(H,17,20)(H,21,22). The lowest BCUT2D eigenvalue weighted by Crippen LogP contribution is -2.50. The van der Waals surface area contributed by atoms with E-state index in [1.54, 1.807) is 0 Å². The van der Waals surface area contributed by atoms with E-state index in [0.717, 1.165) is 6.42 Å². The minimum absolute atomic E-state index is 0.0569. The number of alkyl halides is 3. The van der Waals surface area contributed by atoms with Crippen molar-refractivity contribution in [3.63, 3.8) is 0 Å². The van der Waals surface area contributed by atoms with Gasteiger partial charge in [-0.3, -0.25) is 14.6 Å². The van der Waals surface area contributed by atoms with Crippen LogP contribution in [0.1, 0.15) is 19.3 Å². The number of carbonyl (C=O) groups excluding carboxylic acids is 1. The van der Waals surface area contributed by atoms with Crippen LogP contribution >= 0.6 is 0 Å². The van der Waals surface area contributed by atoms with Crippen molar-refractivity contribution >= 4 is 12.0 Å². The first-order chi connectivity index (χ1) is 10.2. The number of likely N-dealkylation sites (tertiary alicyclic amines) is 2. The quantitative estimate of drug-likeness (QED) is 0.809. The molecule has 3 rings (SSSR count). The largest absolute Gasteiger partial charge is 0.465 e. The fourth-order valence-electron chi connectivity index (χ4n) is 3.61. The molecule has 1 saturated carbocycles. The van der Waals surface area contributed by atoms with Gasteiger partial charge >= 0.3 is 12.3 Å². The smallest absolute Gasteiger partial charge is 0.408 e. The highest BCUT2D eigenvalue weighted by Gasteiger charge is 2.56. The van der Waals surface area contributed by atoms with Crippen LogP contribution in [0.5, 0.6) is 0 Å². The summed E-state index contributed by atoms with van der Waals surface area (Å²) in [6.07, 6.45) is -3.57. The Hall–Kier alpha value is -1.51. The molecule has 2 N–H and O–H groups in total. The average Bonchev–Trinajstić information content (AvgIpc) is 2.82. The summed E-state index contributed by atoms with van der Waals surface area (Å²) >= 11 is 0. The second-order valence-corrected chi connectivity index (χ2v) is 6.35. The van der Waals surface area contributed by atoms with Gasteiger partial charge < -0.3 is 10.4 Å². The van der Waals surface area contributed by atoms with Crippen molar-refractivity contribution in [2.45, 2.75) is 43.6 Å². The molecule has 3 fully saturated rings. The Labute approximate surface area is 125 Å². The van der Waals surface area contributed by atoms with Gasteiger partial charge in [0.05, 0.1) is 6.54 Å². The summed E-state index contributed by atoms with van der Waals surface area (Å²) in [5.41, 5.74) is 0. The monoisotopic (exact) mass is 321 g/mol. The van der Waals surface area contributed by atoms with Crippen LogP contribution in [0.15, 0.2) is 0 Å². The number of carboxylic acid groups (broad SMARTS) is 1.